The molecular weight excluding hydrogens is 310 g/mol. The Morgan fingerprint density at radius 2 is 2.09 bits per heavy atom. The number of nitrogens with zero attached hydrogens (tertiary/aromatic N) is 3. The van der Waals surface area contributed by atoms with Gasteiger partial charge in [-0.2, -0.15) is 0 Å². The van der Waals surface area contributed by atoms with E-state index in [9.17, 15) is 4.79 Å². The smallest absolute Gasteiger partial charge is 0.226 e. The minimum atomic E-state index is 0.151. The molecule has 0 bridgehead atoms. The number of amides is 1. The predicted molar refractivity (Wildman–Crippen MR) is 92.2 cm³/mol. The van der Waals surface area contributed by atoms with Gasteiger partial charge in [-0.05, 0) is 49.8 Å². The third-order valence-corrected chi connectivity index (χ3v) is 5.54. The summed E-state index contributed by atoms with van der Waals surface area (Å²) in [5.41, 5.74) is 1.10. The van der Waals surface area contributed by atoms with Gasteiger partial charge in [0.2, 0.25) is 5.91 Å². The zero-order valence-electron chi connectivity index (χ0n) is 13.9. The van der Waals surface area contributed by atoms with Crippen LogP contribution in [0.25, 0.3) is 0 Å². The van der Waals surface area contributed by atoms with Crippen molar-refractivity contribution in [1.82, 2.24) is 14.8 Å². The Bertz CT molecular complexity index is 543. The lowest BCUT2D eigenvalue weighted by atomic mass is 9.93. The second kappa shape index (κ2) is 7.63. The Kier molecular flexibility index (Phi) is 5.54. The zero-order valence-corrected chi connectivity index (χ0v) is 14.6. The molecule has 0 N–H and O–H groups in total. The number of aromatic nitrogens is 1. The van der Waals surface area contributed by atoms with Crippen LogP contribution in [0.4, 0.5) is 0 Å². The van der Waals surface area contributed by atoms with Gasteiger partial charge in [0.1, 0.15) is 0 Å². The number of piperidine rings is 2. The van der Waals surface area contributed by atoms with Crippen LogP contribution in [0.15, 0.2) is 18.5 Å². The van der Waals surface area contributed by atoms with E-state index in [1.807, 2.05) is 6.07 Å². The first-order valence-corrected chi connectivity index (χ1v) is 9.11. The lowest BCUT2D eigenvalue weighted by molar-refractivity contribution is -0.138. The fourth-order valence-electron chi connectivity index (χ4n) is 3.66. The topological polar surface area (TPSA) is 36.4 Å². The van der Waals surface area contributed by atoms with Crippen molar-refractivity contribution in [3.63, 3.8) is 0 Å². The van der Waals surface area contributed by atoms with Crippen LogP contribution in [0.5, 0.6) is 0 Å². The van der Waals surface area contributed by atoms with E-state index in [-0.39, 0.29) is 5.92 Å². The summed E-state index contributed by atoms with van der Waals surface area (Å²) in [6.45, 7) is 6.85. The third kappa shape index (κ3) is 4.24. The van der Waals surface area contributed by atoms with Crippen LogP contribution in [0.3, 0.4) is 0 Å². The van der Waals surface area contributed by atoms with Crippen LogP contribution in [0.1, 0.15) is 38.2 Å². The van der Waals surface area contributed by atoms with Crippen molar-refractivity contribution in [2.75, 3.05) is 26.2 Å². The highest BCUT2D eigenvalue weighted by atomic mass is 35.5. The van der Waals surface area contributed by atoms with Crippen LogP contribution in [-0.4, -0.2) is 46.9 Å². The molecule has 2 saturated heterocycles. The van der Waals surface area contributed by atoms with Crippen molar-refractivity contribution >= 4 is 17.5 Å². The van der Waals surface area contributed by atoms with Crippen molar-refractivity contribution in [3.8, 4) is 0 Å². The van der Waals surface area contributed by atoms with Gasteiger partial charge in [0.05, 0.1) is 10.9 Å². The zero-order chi connectivity index (χ0) is 16.2. The lowest BCUT2D eigenvalue weighted by Gasteiger charge is -2.37. The number of likely N-dealkylation sites (tertiary alicyclic amines) is 2. The van der Waals surface area contributed by atoms with Crippen molar-refractivity contribution in [2.45, 2.75) is 39.2 Å². The SMILES string of the molecule is CC1CCN(C(=O)[C@H]2CCCN(Cc3ccncc3Cl)C2)CC1. The molecule has 0 aromatic carbocycles. The number of carbonyl (C=O) groups is 1. The van der Waals surface area contributed by atoms with Crippen molar-refractivity contribution in [1.29, 1.82) is 0 Å². The normalized spacial score (nSPS) is 23.9. The molecule has 126 valence electrons. The van der Waals surface area contributed by atoms with Gasteiger partial charge in [0.25, 0.3) is 0 Å². The molecule has 3 heterocycles. The first-order chi connectivity index (χ1) is 11.1. The van der Waals surface area contributed by atoms with E-state index < -0.39 is 0 Å². The number of hydrogen-bond acceptors (Lipinski definition) is 3. The molecule has 0 aliphatic carbocycles. The molecule has 1 aromatic heterocycles. The average molecular weight is 336 g/mol. The standard InChI is InChI=1S/C18H26ClN3O/c1-14-5-9-22(10-6-14)18(23)16-3-2-8-21(13-16)12-15-4-7-20-11-17(15)19/h4,7,11,14,16H,2-3,5-6,8-10,12-13H2,1H3/t16-/m0/s1. The summed E-state index contributed by atoms with van der Waals surface area (Å²) in [5, 5.41) is 0.714. The fraction of sp³-hybridized carbons (Fsp3) is 0.667. The Morgan fingerprint density at radius 1 is 1.30 bits per heavy atom. The van der Waals surface area contributed by atoms with Crippen LogP contribution in [0, 0.1) is 11.8 Å². The summed E-state index contributed by atoms with van der Waals surface area (Å²) < 4.78 is 0. The van der Waals surface area contributed by atoms with Crippen LogP contribution < -0.4 is 0 Å². The molecule has 5 heteroatoms. The highest BCUT2D eigenvalue weighted by molar-refractivity contribution is 6.31. The highest BCUT2D eigenvalue weighted by Gasteiger charge is 2.30. The first kappa shape index (κ1) is 16.7. The van der Waals surface area contributed by atoms with Crippen LogP contribution in [-0.2, 0) is 11.3 Å². The molecule has 4 nitrogen and oxygen atoms in total. The molecule has 0 unspecified atom stereocenters. The number of hydrogen-bond donors (Lipinski definition) is 0. The van der Waals surface area contributed by atoms with Crippen LogP contribution >= 0.6 is 11.6 Å². The highest BCUT2D eigenvalue weighted by Crippen LogP contribution is 2.25. The molecule has 1 aromatic rings. The number of pyridine rings is 1. The molecule has 1 amide bonds. The molecule has 23 heavy (non-hydrogen) atoms. The van der Waals surface area contributed by atoms with E-state index in [1.165, 1.54) is 0 Å². The summed E-state index contributed by atoms with van der Waals surface area (Å²) in [4.78, 5) is 21.3. The second-order valence-electron chi connectivity index (χ2n) is 7.05. The molecular formula is C18H26ClN3O. The van der Waals surface area contributed by atoms with E-state index >= 15 is 0 Å². The molecule has 3 rings (SSSR count). The Labute approximate surface area is 143 Å². The van der Waals surface area contributed by atoms with Gasteiger partial charge in [-0.15, -0.1) is 0 Å². The van der Waals surface area contributed by atoms with Gasteiger partial charge < -0.3 is 4.90 Å². The monoisotopic (exact) mass is 335 g/mol. The van der Waals surface area contributed by atoms with E-state index in [0.29, 0.717) is 10.9 Å². The van der Waals surface area contributed by atoms with Gasteiger partial charge >= 0.3 is 0 Å². The van der Waals surface area contributed by atoms with Gasteiger partial charge in [-0.3, -0.25) is 14.7 Å². The minimum Gasteiger partial charge on any atom is -0.342 e. The minimum absolute atomic E-state index is 0.151. The Balaban J connectivity index is 1.57. The predicted octanol–water partition coefficient (Wildman–Crippen LogP) is 3.21. The number of rotatable bonds is 3. The lowest BCUT2D eigenvalue weighted by Crippen LogP contribution is -2.46. The van der Waals surface area contributed by atoms with E-state index in [2.05, 4.69) is 21.7 Å². The molecule has 0 saturated carbocycles. The number of halogens is 1. The van der Waals surface area contributed by atoms with Crippen molar-refractivity contribution < 1.29 is 4.79 Å². The summed E-state index contributed by atoms with van der Waals surface area (Å²) in [6.07, 6.45) is 7.87. The first-order valence-electron chi connectivity index (χ1n) is 8.73. The van der Waals surface area contributed by atoms with E-state index in [1.54, 1.807) is 12.4 Å². The molecule has 0 spiro atoms. The quantitative estimate of drug-likeness (QED) is 0.851. The van der Waals surface area contributed by atoms with Gasteiger partial charge in [-0.1, -0.05) is 18.5 Å². The molecule has 2 aliphatic rings. The van der Waals surface area contributed by atoms with Crippen molar-refractivity contribution in [2.24, 2.45) is 11.8 Å². The van der Waals surface area contributed by atoms with Crippen LogP contribution in [0.2, 0.25) is 5.02 Å². The molecule has 0 radical (unpaired) electrons. The third-order valence-electron chi connectivity index (χ3n) is 5.20. The fourth-order valence-corrected chi connectivity index (χ4v) is 3.84. The molecule has 1 atom stereocenters. The Hall–Kier alpha value is -1.13. The summed E-state index contributed by atoms with van der Waals surface area (Å²) in [6, 6.07) is 1.97. The summed E-state index contributed by atoms with van der Waals surface area (Å²) >= 11 is 6.21. The van der Waals surface area contributed by atoms with Gasteiger partial charge in [0.15, 0.2) is 0 Å². The van der Waals surface area contributed by atoms with E-state index in [0.717, 1.165) is 69.9 Å². The maximum absolute atomic E-state index is 12.8. The maximum Gasteiger partial charge on any atom is 0.226 e. The molecule has 2 aliphatic heterocycles. The number of carbonyl (C=O) groups excluding carboxylic acids is 1. The largest absolute Gasteiger partial charge is 0.342 e. The van der Waals surface area contributed by atoms with Gasteiger partial charge in [0, 0.05) is 38.6 Å². The van der Waals surface area contributed by atoms with Crippen molar-refractivity contribution in [3.05, 3.63) is 29.0 Å². The second-order valence-corrected chi connectivity index (χ2v) is 7.46. The molecule has 2 fully saturated rings. The average Bonchev–Trinajstić information content (AvgIpc) is 2.57. The Morgan fingerprint density at radius 3 is 2.83 bits per heavy atom. The van der Waals surface area contributed by atoms with Gasteiger partial charge in [-0.25, -0.2) is 0 Å². The summed E-state index contributed by atoms with van der Waals surface area (Å²) in [7, 11) is 0. The summed E-state index contributed by atoms with van der Waals surface area (Å²) in [5.74, 6) is 1.27. The maximum atomic E-state index is 12.8. The van der Waals surface area contributed by atoms with E-state index in [4.69, 9.17) is 11.6 Å².